The molecule has 4 nitrogen and oxygen atoms in total. The summed E-state index contributed by atoms with van der Waals surface area (Å²) in [5.74, 6) is 0.576. The molecule has 0 spiro atoms. The fourth-order valence-corrected chi connectivity index (χ4v) is 2.55. The van der Waals surface area contributed by atoms with Crippen LogP contribution in [0.1, 0.15) is 40.0 Å². The van der Waals surface area contributed by atoms with E-state index in [-0.39, 0.29) is 18.2 Å². The Balaban J connectivity index is 2.14. The van der Waals surface area contributed by atoms with Crippen LogP contribution in [0.5, 0.6) is 0 Å². The van der Waals surface area contributed by atoms with Gasteiger partial charge in [-0.25, -0.2) is 0 Å². The van der Waals surface area contributed by atoms with Crippen LogP contribution in [0.2, 0.25) is 0 Å². The van der Waals surface area contributed by atoms with E-state index in [9.17, 15) is 5.11 Å². The quantitative estimate of drug-likeness (QED) is 0.617. The minimum atomic E-state index is -0.113. The molecule has 0 aromatic heterocycles. The van der Waals surface area contributed by atoms with Crippen LogP contribution in [0.15, 0.2) is 0 Å². The van der Waals surface area contributed by atoms with Crippen LogP contribution in [0.3, 0.4) is 0 Å². The van der Waals surface area contributed by atoms with Gasteiger partial charge in [-0.3, -0.25) is 0 Å². The van der Waals surface area contributed by atoms with Crippen LogP contribution in [-0.2, 0) is 9.47 Å². The zero-order valence-corrected chi connectivity index (χ0v) is 12.1. The van der Waals surface area contributed by atoms with Crippen molar-refractivity contribution in [2.75, 3.05) is 33.0 Å². The van der Waals surface area contributed by atoms with Crippen molar-refractivity contribution in [3.05, 3.63) is 0 Å². The summed E-state index contributed by atoms with van der Waals surface area (Å²) in [4.78, 5) is 0. The average Bonchev–Trinajstić information content (AvgIpc) is 2.73. The molecule has 0 aliphatic heterocycles. The summed E-state index contributed by atoms with van der Waals surface area (Å²) >= 11 is 0. The van der Waals surface area contributed by atoms with E-state index in [0.29, 0.717) is 19.1 Å². The molecule has 18 heavy (non-hydrogen) atoms. The van der Waals surface area contributed by atoms with Gasteiger partial charge in [-0.1, -0.05) is 20.8 Å². The summed E-state index contributed by atoms with van der Waals surface area (Å²) in [6.07, 6.45) is 3.19. The normalized spacial score (nSPS) is 28.2. The highest BCUT2D eigenvalue weighted by atomic mass is 16.5. The molecule has 0 aromatic rings. The maximum Gasteiger partial charge on any atom is 0.0704 e. The predicted molar refractivity (Wildman–Crippen MR) is 72.7 cm³/mol. The summed E-state index contributed by atoms with van der Waals surface area (Å²) in [6, 6.07) is 0. The number of likely N-dealkylation sites (N-methyl/N-ethyl adjacent to an activating group) is 1. The molecule has 1 aliphatic carbocycles. The number of rotatable bonds is 9. The van der Waals surface area contributed by atoms with Crippen LogP contribution < -0.4 is 5.32 Å². The van der Waals surface area contributed by atoms with Crippen LogP contribution in [0.25, 0.3) is 0 Å². The van der Waals surface area contributed by atoms with Crippen molar-refractivity contribution in [2.24, 2.45) is 5.92 Å². The molecular weight excluding hydrogens is 230 g/mol. The Hall–Kier alpha value is -0.160. The first kappa shape index (κ1) is 15.9. The lowest BCUT2D eigenvalue weighted by atomic mass is 9.99. The lowest BCUT2D eigenvalue weighted by Gasteiger charge is -2.27. The van der Waals surface area contributed by atoms with Gasteiger partial charge in [-0.2, -0.15) is 0 Å². The van der Waals surface area contributed by atoms with E-state index < -0.39 is 0 Å². The summed E-state index contributed by atoms with van der Waals surface area (Å²) in [7, 11) is 0. The summed E-state index contributed by atoms with van der Waals surface area (Å²) in [6.45, 7) is 9.58. The van der Waals surface area contributed by atoms with Gasteiger partial charge in [-0.05, 0) is 31.7 Å². The molecule has 0 saturated heterocycles. The van der Waals surface area contributed by atoms with E-state index in [1.165, 1.54) is 0 Å². The van der Waals surface area contributed by atoms with E-state index in [1.807, 2.05) is 0 Å². The van der Waals surface area contributed by atoms with Gasteiger partial charge >= 0.3 is 0 Å². The lowest BCUT2D eigenvalue weighted by molar-refractivity contribution is -0.00239. The summed E-state index contributed by atoms with van der Waals surface area (Å²) < 4.78 is 11.3. The predicted octanol–water partition coefficient (Wildman–Crippen LogP) is 1.57. The molecule has 0 bridgehead atoms. The third kappa shape index (κ3) is 5.22. The minimum absolute atomic E-state index is 0.113. The van der Waals surface area contributed by atoms with Crippen LogP contribution >= 0.6 is 0 Å². The van der Waals surface area contributed by atoms with Crippen molar-refractivity contribution in [1.29, 1.82) is 0 Å². The number of aliphatic hydroxyl groups is 1. The Morgan fingerprint density at radius 2 is 2.17 bits per heavy atom. The van der Waals surface area contributed by atoms with Crippen molar-refractivity contribution in [3.63, 3.8) is 0 Å². The van der Waals surface area contributed by atoms with Gasteiger partial charge in [-0.15, -0.1) is 0 Å². The molecule has 1 rings (SSSR count). The van der Waals surface area contributed by atoms with Gasteiger partial charge in [0.25, 0.3) is 0 Å². The van der Waals surface area contributed by atoms with E-state index in [4.69, 9.17) is 9.47 Å². The van der Waals surface area contributed by atoms with Crippen molar-refractivity contribution in [1.82, 2.24) is 5.32 Å². The molecule has 4 heteroatoms. The molecule has 1 saturated carbocycles. The van der Waals surface area contributed by atoms with Gasteiger partial charge in [0.2, 0.25) is 0 Å². The first-order valence-electron chi connectivity index (χ1n) is 7.17. The monoisotopic (exact) mass is 259 g/mol. The molecule has 0 amide bonds. The fourth-order valence-electron chi connectivity index (χ4n) is 2.55. The molecule has 2 unspecified atom stereocenters. The zero-order chi connectivity index (χ0) is 13.4. The Kier molecular flexibility index (Phi) is 7.15. The average molecular weight is 259 g/mol. The molecule has 2 N–H and O–H groups in total. The second-order valence-electron chi connectivity index (χ2n) is 5.67. The highest BCUT2D eigenvalue weighted by molar-refractivity contribution is 4.96. The second kappa shape index (κ2) is 8.10. The molecule has 1 aliphatic rings. The van der Waals surface area contributed by atoms with E-state index in [0.717, 1.165) is 32.4 Å². The van der Waals surface area contributed by atoms with Crippen molar-refractivity contribution in [2.45, 2.75) is 51.7 Å². The minimum Gasteiger partial charge on any atom is -0.394 e. The smallest absolute Gasteiger partial charge is 0.0704 e. The van der Waals surface area contributed by atoms with Crippen LogP contribution in [0.4, 0.5) is 0 Å². The number of ether oxygens (including phenoxy) is 2. The SMILES string of the molecule is CCNC1(CO)CCC(OCCOCC(C)C)C1. The maximum absolute atomic E-state index is 9.49. The standard InChI is InChI=1S/C14H29NO3/c1-4-15-14(11-16)6-5-13(9-14)18-8-7-17-10-12(2)3/h12-13,15-16H,4-11H2,1-3H3. The van der Waals surface area contributed by atoms with Gasteiger partial charge < -0.3 is 19.9 Å². The van der Waals surface area contributed by atoms with E-state index in [2.05, 4.69) is 26.1 Å². The fraction of sp³-hybridized carbons (Fsp3) is 1.00. The van der Waals surface area contributed by atoms with Crippen LogP contribution in [-0.4, -0.2) is 49.7 Å². The number of nitrogens with one attached hydrogen (secondary N) is 1. The highest BCUT2D eigenvalue weighted by Gasteiger charge is 2.38. The van der Waals surface area contributed by atoms with Gasteiger partial charge in [0.05, 0.1) is 25.9 Å². The Morgan fingerprint density at radius 3 is 2.78 bits per heavy atom. The lowest BCUT2D eigenvalue weighted by Crippen LogP contribution is -2.46. The zero-order valence-electron chi connectivity index (χ0n) is 12.1. The topological polar surface area (TPSA) is 50.7 Å². The third-order valence-corrected chi connectivity index (χ3v) is 3.45. The third-order valence-electron chi connectivity index (χ3n) is 3.45. The van der Waals surface area contributed by atoms with Gasteiger partial charge in [0, 0.05) is 12.1 Å². The van der Waals surface area contributed by atoms with Crippen molar-refractivity contribution in [3.8, 4) is 0 Å². The number of aliphatic hydroxyl groups excluding tert-OH is 1. The molecule has 0 radical (unpaired) electrons. The van der Waals surface area contributed by atoms with Gasteiger partial charge in [0.1, 0.15) is 0 Å². The largest absolute Gasteiger partial charge is 0.394 e. The van der Waals surface area contributed by atoms with Gasteiger partial charge in [0.15, 0.2) is 0 Å². The molecule has 1 fully saturated rings. The molecule has 0 heterocycles. The first-order valence-corrected chi connectivity index (χ1v) is 7.17. The molecule has 2 atom stereocenters. The summed E-state index contributed by atoms with van der Waals surface area (Å²) in [5, 5.41) is 12.9. The molecular formula is C14H29NO3. The Labute approximate surface area is 111 Å². The number of hydrogen-bond donors (Lipinski definition) is 2. The highest BCUT2D eigenvalue weighted by Crippen LogP contribution is 2.31. The van der Waals surface area contributed by atoms with E-state index >= 15 is 0 Å². The van der Waals surface area contributed by atoms with E-state index in [1.54, 1.807) is 0 Å². The van der Waals surface area contributed by atoms with Crippen LogP contribution in [0, 0.1) is 5.92 Å². The van der Waals surface area contributed by atoms with Crippen molar-refractivity contribution < 1.29 is 14.6 Å². The first-order chi connectivity index (χ1) is 8.62. The summed E-state index contributed by atoms with van der Waals surface area (Å²) in [5.41, 5.74) is -0.113. The number of hydrogen-bond acceptors (Lipinski definition) is 4. The molecule has 108 valence electrons. The maximum atomic E-state index is 9.49. The Morgan fingerprint density at radius 1 is 1.39 bits per heavy atom. The molecule has 0 aromatic carbocycles. The second-order valence-corrected chi connectivity index (χ2v) is 5.67. The Bertz CT molecular complexity index is 223. The van der Waals surface area contributed by atoms with Crippen molar-refractivity contribution >= 4 is 0 Å².